The Morgan fingerprint density at radius 1 is 1.44 bits per heavy atom. The first-order chi connectivity index (χ1) is 7.51. The zero-order chi connectivity index (χ0) is 11.8. The Morgan fingerprint density at radius 3 is 2.56 bits per heavy atom. The molecule has 90 valence electrons. The first-order valence-corrected chi connectivity index (χ1v) is 6.82. The molecule has 4 heteroatoms. The van der Waals surface area contributed by atoms with Crippen LogP contribution in [0.15, 0.2) is 5.38 Å². The summed E-state index contributed by atoms with van der Waals surface area (Å²) in [7, 11) is 2.15. The van der Waals surface area contributed by atoms with Crippen molar-refractivity contribution in [3.8, 4) is 0 Å². The highest BCUT2D eigenvalue weighted by molar-refractivity contribution is 7.09. The monoisotopic (exact) mass is 239 g/mol. The van der Waals surface area contributed by atoms with Crippen LogP contribution in [0.2, 0.25) is 0 Å². The number of piperidine rings is 1. The van der Waals surface area contributed by atoms with E-state index in [9.17, 15) is 0 Å². The standard InChI is InChI=1S/C12H21N3S/c1-9(2)10-8-16-11(14-10)12(13)4-6-15(3)7-5-12/h8-9H,4-7,13H2,1-3H3. The fourth-order valence-corrected chi connectivity index (χ4v) is 3.17. The summed E-state index contributed by atoms with van der Waals surface area (Å²) in [6, 6.07) is 0. The van der Waals surface area contributed by atoms with Crippen LogP contribution in [-0.4, -0.2) is 30.0 Å². The number of thiazole rings is 1. The molecule has 0 aromatic carbocycles. The van der Waals surface area contributed by atoms with Gasteiger partial charge in [-0.05, 0) is 38.9 Å². The summed E-state index contributed by atoms with van der Waals surface area (Å²) < 4.78 is 0. The minimum absolute atomic E-state index is 0.176. The van der Waals surface area contributed by atoms with Crippen LogP contribution < -0.4 is 5.73 Å². The molecule has 1 aliphatic heterocycles. The molecule has 0 aliphatic carbocycles. The summed E-state index contributed by atoms with van der Waals surface area (Å²) in [5.74, 6) is 0.500. The number of nitrogens with two attached hydrogens (primary N) is 1. The predicted octanol–water partition coefficient (Wildman–Crippen LogP) is 2.15. The molecule has 1 aliphatic rings. The molecule has 0 amide bonds. The van der Waals surface area contributed by atoms with Gasteiger partial charge in [0.1, 0.15) is 5.01 Å². The van der Waals surface area contributed by atoms with Crippen LogP contribution in [0.4, 0.5) is 0 Å². The van der Waals surface area contributed by atoms with Gasteiger partial charge in [0.25, 0.3) is 0 Å². The second-order valence-corrected chi connectivity index (χ2v) is 6.05. The lowest BCUT2D eigenvalue weighted by molar-refractivity contribution is 0.191. The van der Waals surface area contributed by atoms with Gasteiger partial charge in [-0.25, -0.2) is 4.98 Å². The Kier molecular flexibility index (Phi) is 3.33. The van der Waals surface area contributed by atoms with E-state index in [0.717, 1.165) is 30.9 Å². The summed E-state index contributed by atoms with van der Waals surface area (Å²) in [4.78, 5) is 7.04. The highest BCUT2D eigenvalue weighted by Crippen LogP contribution is 2.33. The summed E-state index contributed by atoms with van der Waals surface area (Å²) in [6.07, 6.45) is 2.04. The maximum atomic E-state index is 6.48. The molecule has 1 fully saturated rings. The van der Waals surface area contributed by atoms with Crippen molar-refractivity contribution < 1.29 is 0 Å². The predicted molar refractivity (Wildman–Crippen MR) is 68.8 cm³/mol. The van der Waals surface area contributed by atoms with Gasteiger partial charge < -0.3 is 10.6 Å². The molecule has 2 rings (SSSR count). The summed E-state index contributed by atoms with van der Waals surface area (Å²) in [5.41, 5.74) is 7.49. The minimum Gasteiger partial charge on any atom is -0.319 e. The number of aromatic nitrogens is 1. The van der Waals surface area contributed by atoms with E-state index in [0.29, 0.717) is 5.92 Å². The highest BCUT2D eigenvalue weighted by Gasteiger charge is 2.34. The summed E-state index contributed by atoms with van der Waals surface area (Å²) in [5, 5.41) is 3.29. The lowest BCUT2D eigenvalue weighted by atomic mass is 9.89. The van der Waals surface area contributed by atoms with E-state index in [1.165, 1.54) is 5.69 Å². The fourth-order valence-electron chi connectivity index (χ4n) is 2.01. The van der Waals surface area contributed by atoms with Crippen molar-refractivity contribution in [2.75, 3.05) is 20.1 Å². The average Bonchev–Trinajstić information content (AvgIpc) is 2.72. The van der Waals surface area contributed by atoms with Gasteiger partial charge >= 0.3 is 0 Å². The maximum absolute atomic E-state index is 6.48. The van der Waals surface area contributed by atoms with Crippen LogP contribution in [0.1, 0.15) is 43.3 Å². The molecule has 2 N–H and O–H groups in total. The van der Waals surface area contributed by atoms with Gasteiger partial charge in [0, 0.05) is 5.38 Å². The first kappa shape index (κ1) is 12.0. The molecule has 1 aromatic heterocycles. The van der Waals surface area contributed by atoms with E-state index >= 15 is 0 Å². The van der Waals surface area contributed by atoms with Gasteiger partial charge in [0.05, 0.1) is 11.2 Å². The number of nitrogens with zero attached hydrogens (tertiary/aromatic N) is 2. The molecule has 0 saturated carbocycles. The average molecular weight is 239 g/mol. The number of likely N-dealkylation sites (tertiary alicyclic amines) is 1. The van der Waals surface area contributed by atoms with Crippen molar-refractivity contribution >= 4 is 11.3 Å². The van der Waals surface area contributed by atoms with Crippen molar-refractivity contribution in [1.29, 1.82) is 0 Å². The minimum atomic E-state index is -0.176. The van der Waals surface area contributed by atoms with Gasteiger partial charge in [-0.2, -0.15) is 0 Å². The number of hydrogen-bond acceptors (Lipinski definition) is 4. The van der Waals surface area contributed by atoms with Crippen molar-refractivity contribution in [2.45, 2.75) is 38.1 Å². The van der Waals surface area contributed by atoms with Crippen LogP contribution in [0, 0.1) is 0 Å². The summed E-state index contributed by atoms with van der Waals surface area (Å²) in [6.45, 7) is 6.51. The topological polar surface area (TPSA) is 42.1 Å². The SMILES string of the molecule is CC(C)c1csc(C2(N)CCN(C)CC2)n1. The van der Waals surface area contributed by atoms with E-state index in [1.807, 2.05) is 0 Å². The van der Waals surface area contributed by atoms with E-state index < -0.39 is 0 Å². The molecule has 16 heavy (non-hydrogen) atoms. The Labute approximate surface area is 102 Å². The van der Waals surface area contributed by atoms with Crippen LogP contribution in [0.5, 0.6) is 0 Å². The smallest absolute Gasteiger partial charge is 0.113 e. The van der Waals surface area contributed by atoms with Gasteiger partial charge in [-0.1, -0.05) is 13.8 Å². The zero-order valence-corrected chi connectivity index (χ0v) is 11.2. The normalized spacial score (nSPS) is 21.6. The maximum Gasteiger partial charge on any atom is 0.113 e. The first-order valence-electron chi connectivity index (χ1n) is 5.94. The molecule has 1 saturated heterocycles. The largest absolute Gasteiger partial charge is 0.319 e. The van der Waals surface area contributed by atoms with E-state index in [2.05, 4.69) is 31.2 Å². The molecular weight excluding hydrogens is 218 g/mol. The number of hydrogen-bond donors (Lipinski definition) is 1. The van der Waals surface area contributed by atoms with E-state index in [-0.39, 0.29) is 5.54 Å². The fraction of sp³-hybridized carbons (Fsp3) is 0.750. The second-order valence-electron chi connectivity index (χ2n) is 5.19. The third-order valence-corrected chi connectivity index (χ3v) is 4.50. The van der Waals surface area contributed by atoms with Crippen molar-refractivity contribution in [3.63, 3.8) is 0 Å². The van der Waals surface area contributed by atoms with Crippen LogP contribution in [-0.2, 0) is 5.54 Å². The van der Waals surface area contributed by atoms with Gasteiger partial charge in [0.2, 0.25) is 0 Å². The van der Waals surface area contributed by atoms with E-state index in [4.69, 9.17) is 10.7 Å². The van der Waals surface area contributed by atoms with Crippen LogP contribution >= 0.6 is 11.3 Å². The third kappa shape index (κ3) is 2.29. The molecule has 0 atom stereocenters. The van der Waals surface area contributed by atoms with Gasteiger partial charge in [0.15, 0.2) is 0 Å². The lowest BCUT2D eigenvalue weighted by Gasteiger charge is -2.36. The van der Waals surface area contributed by atoms with Crippen molar-refractivity contribution in [1.82, 2.24) is 9.88 Å². The van der Waals surface area contributed by atoms with E-state index in [1.54, 1.807) is 11.3 Å². The quantitative estimate of drug-likeness (QED) is 0.860. The highest BCUT2D eigenvalue weighted by atomic mass is 32.1. The second kappa shape index (κ2) is 4.43. The van der Waals surface area contributed by atoms with Gasteiger partial charge in [-0.15, -0.1) is 11.3 Å². The molecule has 2 heterocycles. The van der Waals surface area contributed by atoms with Crippen LogP contribution in [0.25, 0.3) is 0 Å². The van der Waals surface area contributed by atoms with Crippen molar-refractivity contribution in [2.24, 2.45) is 5.73 Å². The molecule has 0 radical (unpaired) electrons. The summed E-state index contributed by atoms with van der Waals surface area (Å²) >= 11 is 1.73. The Morgan fingerprint density at radius 2 is 2.06 bits per heavy atom. The molecule has 3 nitrogen and oxygen atoms in total. The number of rotatable bonds is 2. The molecule has 0 spiro atoms. The van der Waals surface area contributed by atoms with Gasteiger partial charge in [-0.3, -0.25) is 0 Å². The lowest BCUT2D eigenvalue weighted by Crippen LogP contribution is -2.46. The van der Waals surface area contributed by atoms with Crippen molar-refractivity contribution in [3.05, 3.63) is 16.1 Å². The van der Waals surface area contributed by atoms with Crippen LogP contribution in [0.3, 0.4) is 0 Å². The Hall–Kier alpha value is -0.450. The third-order valence-electron chi connectivity index (χ3n) is 3.42. The molecule has 0 bridgehead atoms. The Bertz CT molecular complexity index is 351. The zero-order valence-electron chi connectivity index (χ0n) is 10.4. The Balaban J connectivity index is 2.16. The molecular formula is C12H21N3S. The molecule has 0 unspecified atom stereocenters. The molecule has 1 aromatic rings.